The molecule has 3 rings (SSSR count). The summed E-state index contributed by atoms with van der Waals surface area (Å²) < 4.78 is 26.7. The molecule has 26 heavy (non-hydrogen) atoms. The Bertz CT molecular complexity index is 794. The SMILES string of the molecule is C[C@@H](C(=O)Nc1ccc(F)cc1F)[NH+]1CCN(c2ccccc2Cl)CC1. The van der Waals surface area contributed by atoms with Crippen LogP contribution in [0, 0.1) is 11.6 Å². The van der Waals surface area contributed by atoms with Crippen molar-refractivity contribution in [1.82, 2.24) is 0 Å². The zero-order valence-corrected chi connectivity index (χ0v) is 15.2. The van der Waals surface area contributed by atoms with E-state index in [2.05, 4.69) is 10.2 Å². The van der Waals surface area contributed by atoms with Gasteiger partial charge in [-0.2, -0.15) is 0 Å². The van der Waals surface area contributed by atoms with E-state index in [9.17, 15) is 13.6 Å². The summed E-state index contributed by atoms with van der Waals surface area (Å²) in [7, 11) is 0. The number of quaternary nitrogens is 1. The first-order chi connectivity index (χ1) is 12.5. The average molecular weight is 381 g/mol. The lowest BCUT2D eigenvalue weighted by Gasteiger charge is -2.36. The standard InChI is InChI=1S/C19H20ClF2N3O/c1-13(19(26)23-17-7-6-14(21)12-16(17)22)24-8-10-25(11-9-24)18-5-3-2-4-15(18)20/h2-7,12-13H,8-11H2,1H3,(H,23,26)/p+1/t13-/m0/s1. The molecule has 138 valence electrons. The van der Waals surface area contributed by atoms with Crippen LogP contribution in [0.1, 0.15) is 6.92 Å². The number of nitrogens with one attached hydrogen (secondary N) is 2. The summed E-state index contributed by atoms with van der Waals surface area (Å²) in [4.78, 5) is 15.8. The smallest absolute Gasteiger partial charge is 0.282 e. The Morgan fingerprint density at radius 3 is 2.54 bits per heavy atom. The summed E-state index contributed by atoms with van der Waals surface area (Å²) in [5.74, 6) is -1.73. The second-order valence-corrected chi connectivity index (χ2v) is 6.84. The monoisotopic (exact) mass is 380 g/mol. The summed E-state index contributed by atoms with van der Waals surface area (Å²) in [6, 6.07) is 10.5. The Morgan fingerprint density at radius 2 is 1.88 bits per heavy atom. The highest BCUT2D eigenvalue weighted by Crippen LogP contribution is 2.24. The maximum absolute atomic E-state index is 13.7. The predicted octanol–water partition coefficient (Wildman–Crippen LogP) is 2.35. The van der Waals surface area contributed by atoms with Crippen molar-refractivity contribution in [2.75, 3.05) is 36.4 Å². The number of anilines is 2. The van der Waals surface area contributed by atoms with Crippen LogP contribution in [0.25, 0.3) is 0 Å². The maximum Gasteiger partial charge on any atom is 0.282 e. The molecule has 0 aliphatic carbocycles. The number of carbonyl (C=O) groups is 1. The summed E-state index contributed by atoms with van der Waals surface area (Å²) in [5.41, 5.74) is 0.996. The van der Waals surface area contributed by atoms with Crippen molar-refractivity contribution in [1.29, 1.82) is 0 Å². The van der Waals surface area contributed by atoms with Crippen LogP contribution in [0.3, 0.4) is 0 Å². The van der Waals surface area contributed by atoms with Gasteiger partial charge >= 0.3 is 0 Å². The molecular weight excluding hydrogens is 360 g/mol. The molecule has 2 aromatic rings. The molecule has 0 bridgehead atoms. The van der Waals surface area contributed by atoms with Crippen molar-refractivity contribution in [3.8, 4) is 0 Å². The van der Waals surface area contributed by atoms with Crippen molar-refractivity contribution in [3.63, 3.8) is 0 Å². The van der Waals surface area contributed by atoms with Gasteiger partial charge in [0, 0.05) is 6.07 Å². The molecule has 0 aromatic heterocycles. The molecule has 2 N–H and O–H groups in total. The lowest BCUT2D eigenvalue weighted by molar-refractivity contribution is -0.914. The van der Waals surface area contributed by atoms with Gasteiger partial charge in [-0.15, -0.1) is 0 Å². The van der Waals surface area contributed by atoms with Gasteiger partial charge in [0.15, 0.2) is 6.04 Å². The van der Waals surface area contributed by atoms with E-state index in [1.54, 1.807) is 0 Å². The third-order valence-electron chi connectivity index (χ3n) is 4.79. The van der Waals surface area contributed by atoms with Gasteiger partial charge < -0.3 is 15.1 Å². The van der Waals surface area contributed by atoms with Crippen molar-refractivity contribution in [3.05, 3.63) is 59.1 Å². The van der Waals surface area contributed by atoms with Gasteiger partial charge in [0.1, 0.15) is 11.6 Å². The van der Waals surface area contributed by atoms with Crippen molar-refractivity contribution < 1.29 is 18.5 Å². The Kier molecular flexibility index (Phi) is 5.74. The van der Waals surface area contributed by atoms with Gasteiger partial charge in [-0.3, -0.25) is 4.79 Å². The molecule has 1 fully saturated rings. The van der Waals surface area contributed by atoms with E-state index in [0.29, 0.717) is 5.02 Å². The van der Waals surface area contributed by atoms with Crippen LogP contribution in [-0.2, 0) is 4.79 Å². The Morgan fingerprint density at radius 1 is 1.19 bits per heavy atom. The second-order valence-electron chi connectivity index (χ2n) is 6.43. The van der Waals surface area contributed by atoms with Crippen LogP contribution in [0.5, 0.6) is 0 Å². The molecule has 0 spiro atoms. The zero-order valence-electron chi connectivity index (χ0n) is 14.4. The van der Waals surface area contributed by atoms with Gasteiger partial charge in [-0.25, -0.2) is 8.78 Å². The Labute approximate surface area is 156 Å². The average Bonchev–Trinajstić information content (AvgIpc) is 2.64. The van der Waals surface area contributed by atoms with Gasteiger partial charge in [0.05, 0.1) is 42.6 Å². The first-order valence-electron chi connectivity index (χ1n) is 8.55. The fraction of sp³-hybridized carbons (Fsp3) is 0.316. The minimum Gasteiger partial charge on any atom is -0.359 e. The number of rotatable bonds is 4. The summed E-state index contributed by atoms with van der Waals surface area (Å²) >= 11 is 6.25. The number of carbonyl (C=O) groups excluding carboxylic acids is 1. The highest BCUT2D eigenvalue weighted by molar-refractivity contribution is 6.33. The number of benzene rings is 2. The lowest BCUT2D eigenvalue weighted by Crippen LogP contribution is -3.19. The van der Waals surface area contributed by atoms with Crippen LogP contribution >= 0.6 is 11.6 Å². The quantitative estimate of drug-likeness (QED) is 0.854. The fourth-order valence-corrected chi connectivity index (χ4v) is 3.45. The number of hydrogen-bond acceptors (Lipinski definition) is 2. The van der Waals surface area contributed by atoms with E-state index in [4.69, 9.17) is 11.6 Å². The first kappa shape index (κ1) is 18.6. The largest absolute Gasteiger partial charge is 0.359 e. The van der Waals surface area contributed by atoms with Crippen LogP contribution in [0.2, 0.25) is 5.02 Å². The Hall–Kier alpha value is -2.18. The van der Waals surface area contributed by atoms with E-state index in [-0.39, 0.29) is 17.6 Å². The molecule has 0 saturated carbocycles. The number of piperazine rings is 1. The molecular formula is C19H21ClF2N3O+. The highest BCUT2D eigenvalue weighted by Gasteiger charge is 2.30. The van der Waals surface area contributed by atoms with E-state index < -0.39 is 11.6 Å². The van der Waals surface area contributed by atoms with E-state index >= 15 is 0 Å². The van der Waals surface area contributed by atoms with Gasteiger partial charge in [-0.05, 0) is 31.2 Å². The third-order valence-corrected chi connectivity index (χ3v) is 5.11. The minimum atomic E-state index is -0.774. The molecule has 2 aromatic carbocycles. The number of amides is 1. The zero-order chi connectivity index (χ0) is 18.7. The molecule has 7 heteroatoms. The van der Waals surface area contributed by atoms with Crippen molar-refractivity contribution in [2.45, 2.75) is 13.0 Å². The second kappa shape index (κ2) is 8.01. The van der Waals surface area contributed by atoms with Crippen molar-refractivity contribution >= 4 is 28.9 Å². The number of halogens is 3. The third kappa shape index (κ3) is 4.14. The summed E-state index contributed by atoms with van der Waals surface area (Å²) in [6.45, 7) is 4.91. The minimum absolute atomic E-state index is 0.00245. The van der Waals surface area contributed by atoms with Crippen molar-refractivity contribution in [2.24, 2.45) is 0 Å². The van der Waals surface area contributed by atoms with Crippen LogP contribution in [0.15, 0.2) is 42.5 Å². The summed E-state index contributed by atoms with van der Waals surface area (Å²) in [5, 5.41) is 3.27. The molecule has 1 aliphatic rings. The molecule has 1 heterocycles. The van der Waals surface area contributed by atoms with Crippen LogP contribution in [0.4, 0.5) is 20.2 Å². The Balaban J connectivity index is 1.58. The maximum atomic E-state index is 13.7. The molecule has 4 nitrogen and oxygen atoms in total. The number of para-hydroxylation sites is 1. The highest BCUT2D eigenvalue weighted by atomic mass is 35.5. The number of nitrogens with zero attached hydrogens (tertiary/aromatic N) is 1. The molecule has 1 atom stereocenters. The number of hydrogen-bond donors (Lipinski definition) is 2. The molecule has 1 aliphatic heterocycles. The topological polar surface area (TPSA) is 36.8 Å². The van der Waals surface area contributed by atoms with E-state index in [1.807, 2.05) is 31.2 Å². The van der Waals surface area contributed by atoms with Crippen LogP contribution in [-0.4, -0.2) is 38.1 Å². The van der Waals surface area contributed by atoms with Gasteiger partial charge in [-0.1, -0.05) is 23.7 Å². The van der Waals surface area contributed by atoms with Crippen LogP contribution < -0.4 is 15.1 Å². The molecule has 1 saturated heterocycles. The van der Waals surface area contributed by atoms with E-state index in [1.165, 1.54) is 6.07 Å². The molecule has 0 unspecified atom stereocenters. The lowest BCUT2D eigenvalue weighted by atomic mass is 10.2. The van der Waals surface area contributed by atoms with E-state index in [0.717, 1.165) is 48.9 Å². The van der Waals surface area contributed by atoms with Gasteiger partial charge in [0.2, 0.25) is 0 Å². The predicted molar refractivity (Wildman–Crippen MR) is 98.8 cm³/mol. The molecule has 1 amide bonds. The normalized spacial score (nSPS) is 16.4. The fourth-order valence-electron chi connectivity index (χ4n) is 3.19. The summed E-state index contributed by atoms with van der Waals surface area (Å²) in [6.07, 6.45) is 0. The first-order valence-corrected chi connectivity index (χ1v) is 8.93. The molecule has 0 radical (unpaired) electrons. The van der Waals surface area contributed by atoms with Gasteiger partial charge in [0.25, 0.3) is 5.91 Å².